The smallest absolute Gasteiger partial charge is 0.315 e. The predicted octanol–water partition coefficient (Wildman–Crippen LogP) is 0.125. The van der Waals surface area contributed by atoms with Crippen molar-refractivity contribution in [1.29, 1.82) is 0 Å². The van der Waals surface area contributed by atoms with Crippen LogP contribution in [-0.2, 0) is 4.79 Å². The van der Waals surface area contributed by atoms with Crippen LogP contribution in [0.25, 0.3) is 0 Å². The number of hydrogen-bond acceptors (Lipinski definition) is 4. The SMILES string of the molecule is COc1ccc(C#CCC(=O)O)c(C(=O)NN)c1. The van der Waals surface area contributed by atoms with Gasteiger partial charge in [0.15, 0.2) is 0 Å². The van der Waals surface area contributed by atoms with Crippen molar-refractivity contribution in [2.75, 3.05) is 7.11 Å². The molecule has 0 radical (unpaired) electrons. The van der Waals surface area contributed by atoms with Gasteiger partial charge in [-0.1, -0.05) is 11.8 Å². The topological polar surface area (TPSA) is 102 Å². The maximum atomic E-state index is 11.5. The molecule has 0 saturated heterocycles. The van der Waals surface area contributed by atoms with Gasteiger partial charge in [0.25, 0.3) is 5.91 Å². The molecule has 4 N–H and O–H groups in total. The van der Waals surface area contributed by atoms with Crippen LogP contribution in [0.4, 0.5) is 0 Å². The Bertz CT molecular complexity index is 529. The highest BCUT2D eigenvalue weighted by atomic mass is 16.5. The fourth-order valence-corrected chi connectivity index (χ4v) is 1.24. The van der Waals surface area contributed by atoms with Gasteiger partial charge in [-0.15, -0.1) is 0 Å². The van der Waals surface area contributed by atoms with Crippen molar-refractivity contribution in [3.05, 3.63) is 29.3 Å². The number of carbonyl (C=O) groups is 2. The number of nitrogen functional groups attached to an aromatic ring is 1. The molecule has 6 heteroatoms. The Hall–Kier alpha value is -2.52. The largest absolute Gasteiger partial charge is 0.497 e. The zero-order valence-corrected chi connectivity index (χ0v) is 9.69. The molecule has 0 heterocycles. The number of hydrogen-bond donors (Lipinski definition) is 3. The molecule has 0 aromatic heterocycles. The van der Waals surface area contributed by atoms with E-state index >= 15 is 0 Å². The van der Waals surface area contributed by atoms with Gasteiger partial charge in [0.2, 0.25) is 0 Å². The van der Waals surface area contributed by atoms with E-state index in [-0.39, 0.29) is 12.0 Å². The average molecular weight is 248 g/mol. The van der Waals surface area contributed by atoms with E-state index < -0.39 is 11.9 Å². The molecule has 1 aromatic rings. The van der Waals surface area contributed by atoms with Gasteiger partial charge in [0, 0.05) is 5.56 Å². The Morgan fingerprint density at radius 3 is 2.78 bits per heavy atom. The molecule has 0 bridgehead atoms. The summed E-state index contributed by atoms with van der Waals surface area (Å²) < 4.78 is 4.98. The minimum Gasteiger partial charge on any atom is -0.497 e. The first kappa shape index (κ1) is 13.5. The number of hydrazine groups is 1. The maximum Gasteiger partial charge on any atom is 0.315 e. The molecule has 6 nitrogen and oxygen atoms in total. The van der Waals surface area contributed by atoms with Crippen LogP contribution in [0, 0.1) is 11.8 Å². The molecule has 0 unspecified atom stereocenters. The average Bonchev–Trinajstić information content (AvgIpc) is 2.37. The lowest BCUT2D eigenvalue weighted by Crippen LogP contribution is -2.30. The summed E-state index contributed by atoms with van der Waals surface area (Å²) in [7, 11) is 1.47. The zero-order valence-electron chi connectivity index (χ0n) is 9.69. The fraction of sp³-hybridized carbons (Fsp3) is 0.167. The van der Waals surface area contributed by atoms with Gasteiger partial charge in [-0.3, -0.25) is 15.0 Å². The first-order valence-corrected chi connectivity index (χ1v) is 4.98. The van der Waals surface area contributed by atoms with Gasteiger partial charge in [-0.05, 0) is 18.2 Å². The van der Waals surface area contributed by atoms with Gasteiger partial charge in [0.1, 0.15) is 12.2 Å². The summed E-state index contributed by atoms with van der Waals surface area (Å²) >= 11 is 0. The van der Waals surface area contributed by atoms with Crippen LogP contribution < -0.4 is 16.0 Å². The minimum absolute atomic E-state index is 0.231. The van der Waals surface area contributed by atoms with E-state index in [1.54, 1.807) is 12.1 Å². The molecule has 0 aliphatic carbocycles. The third kappa shape index (κ3) is 3.50. The van der Waals surface area contributed by atoms with Crippen LogP contribution in [-0.4, -0.2) is 24.1 Å². The van der Waals surface area contributed by atoms with Crippen molar-refractivity contribution in [2.24, 2.45) is 5.84 Å². The molecule has 1 amide bonds. The number of carboxylic acids is 1. The number of carbonyl (C=O) groups excluding carboxylic acids is 1. The molecular weight excluding hydrogens is 236 g/mol. The monoisotopic (exact) mass is 248 g/mol. The molecule has 0 spiro atoms. The van der Waals surface area contributed by atoms with Gasteiger partial charge >= 0.3 is 5.97 Å². The minimum atomic E-state index is -1.03. The molecule has 94 valence electrons. The zero-order chi connectivity index (χ0) is 13.5. The van der Waals surface area contributed by atoms with E-state index in [0.717, 1.165) is 0 Å². The number of benzene rings is 1. The second-order valence-electron chi connectivity index (χ2n) is 3.26. The van der Waals surface area contributed by atoms with Crippen molar-refractivity contribution in [1.82, 2.24) is 5.43 Å². The molecule has 18 heavy (non-hydrogen) atoms. The van der Waals surface area contributed by atoms with E-state index in [4.69, 9.17) is 15.7 Å². The van der Waals surface area contributed by atoms with Gasteiger partial charge in [0.05, 0.1) is 12.7 Å². The fourth-order valence-electron chi connectivity index (χ4n) is 1.24. The summed E-state index contributed by atoms with van der Waals surface area (Å²) in [6.45, 7) is 0. The molecule has 1 aromatic carbocycles. The molecule has 0 saturated carbocycles. The van der Waals surface area contributed by atoms with E-state index in [1.807, 2.05) is 5.43 Å². The number of methoxy groups -OCH3 is 1. The van der Waals surface area contributed by atoms with Crippen LogP contribution >= 0.6 is 0 Å². The third-order valence-electron chi connectivity index (χ3n) is 2.07. The van der Waals surface area contributed by atoms with Gasteiger partial charge in [-0.25, -0.2) is 5.84 Å². The number of carboxylic acid groups (broad SMARTS) is 1. The summed E-state index contributed by atoms with van der Waals surface area (Å²) in [5.41, 5.74) is 2.61. The first-order valence-electron chi connectivity index (χ1n) is 4.98. The number of aliphatic carboxylic acids is 1. The van der Waals surface area contributed by atoms with Crippen LogP contribution in [0.1, 0.15) is 22.3 Å². The van der Waals surface area contributed by atoms with Crippen molar-refractivity contribution >= 4 is 11.9 Å². The lowest BCUT2D eigenvalue weighted by atomic mass is 10.1. The van der Waals surface area contributed by atoms with Gasteiger partial charge in [-0.2, -0.15) is 0 Å². The van der Waals surface area contributed by atoms with E-state index in [0.29, 0.717) is 11.3 Å². The van der Waals surface area contributed by atoms with Gasteiger partial charge < -0.3 is 9.84 Å². The Kier molecular flexibility index (Phi) is 4.72. The number of nitrogens with one attached hydrogen (secondary N) is 1. The Morgan fingerprint density at radius 2 is 2.22 bits per heavy atom. The van der Waals surface area contributed by atoms with Crippen molar-refractivity contribution in [3.8, 4) is 17.6 Å². The highest BCUT2D eigenvalue weighted by Gasteiger charge is 2.10. The number of nitrogens with two attached hydrogens (primary N) is 1. The van der Waals surface area contributed by atoms with Crippen molar-refractivity contribution < 1.29 is 19.4 Å². The van der Waals surface area contributed by atoms with Crippen molar-refractivity contribution in [2.45, 2.75) is 6.42 Å². The van der Waals surface area contributed by atoms with Crippen LogP contribution in [0.3, 0.4) is 0 Å². The van der Waals surface area contributed by atoms with E-state index in [9.17, 15) is 9.59 Å². The molecule has 1 rings (SSSR count). The lowest BCUT2D eigenvalue weighted by Gasteiger charge is -2.05. The molecular formula is C12H12N2O4. The van der Waals surface area contributed by atoms with Crippen LogP contribution in [0.15, 0.2) is 18.2 Å². The Morgan fingerprint density at radius 1 is 1.50 bits per heavy atom. The third-order valence-corrected chi connectivity index (χ3v) is 2.07. The number of rotatable bonds is 3. The Labute approximate surface area is 104 Å². The Balaban J connectivity index is 3.12. The van der Waals surface area contributed by atoms with E-state index in [2.05, 4.69) is 11.8 Å². The summed E-state index contributed by atoms with van der Waals surface area (Å²) in [4.78, 5) is 21.9. The second-order valence-corrected chi connectivity index (χ2v) is 3.26. The summed E-state index contributed by atoms with van der Waals surface area (Å²) in [5, 5.41) is 8.48. The summed E-state index contributed by atoms with van der Waals surface area (Å²) in [5.74, 6) is 9.05. The normalized spacial score (nSPS) is 9.00. The molecule has 0 aliphatic heterocycles. The standard InChI is InChI=1S/C12H12N2O4/c1-18-9-6-5-8(3-2-4-11(15)16)10(7-9)12(17)14-13/h5-7H,4,13H2,1H3,(H,14,17)(H,15,16). The molecule has 0 fully saturated rings. The molecule has 0 atom stereocenters. The number of amides is 1. The first-order chi connectivity index (χ1) is 8.58. The summed E-state index contributed by atoms with van der Waals surface area (Å²) in [6.07, 6.45) is -0.296. The van der Waals surface area contributed by atoms with Crippen LogP contribution in [0.5, 0.6) is 5.75 Å². The predicted molar refractivity (Wildman–Crippen MR) is 63.8 cm³/mol. The number of ether oxygens (including phenoxy) is 1. The second kappa shape index (κ2) is 6.27. The highest BCUT2D eigenvalue weighted by Crippen LogP contribution is 2.17. The molecule has 0 aliphatic rings. The van der Waals surface area contributed by atoms with Crippen LogP contribution in [0.2, 0.25) is 0 Å². The van der Waals surface area contributed by atoms with E-state index in [1.165, 1.54) is 13.2 Å². The summed E-state index contributed by atoms with van der Waals surface area (Å²) in [6, 6.07) is 4.67. The van der Waals surface area contributed by atoms with Crippen molar-refractivity contribution in [3.63, 3.8) is 0 Å². The highest BCUT2D eigenvalue weighted by molar-refractivity contribution is 5.96. The lowest BCUT2D eigenvalue weighted by molar-refractivity contribution is -0.135. The quantitative estimate of drug-likeness (QED) is 0.305. The maximum absolute atomic E-state index is 11.5.